The summed E-state index contributed by atoms with van der Waals surface area (Å²) in [7, 11) is 1.66. The molecule has 0 amide bonds. The smallest absolute Gasteiger partial charge is 0.162 e. The van der Waals surface area contributed by atoms with E-state index in [-0.39, 0.29) is 0 Å². The van der Waals surface area contributed by atoms with Gasteiger partial charge in [-0.2, -0.15) is 0 Å². The van der Waals surface area contributed by atoms with E-state index in [2.05, 4.69) is 27.4 Å². The molecule has 1 atom stereocenters. The molecule has 1 saturated heterocycles. The number of hydrogen-bond donors (Lipinski definition) is 1. The fourth-order valence-corrected chi connectivity index (χ4v) is 2.53. The average Bonchev–Trinajstić information content (AvgIpc) is 2.56. The van der Waals surface area contributed by atoms with Crippen LogP contribution < -0.4 is 10.1 Å². The van der Waals surface area contributed by atoms with Gasteiger partial charge in [0.1, 0.15) is 5.75 Å². The lowest BCUT2D eigenvalue weighted by atomic mass is 10.0. The van der Waals surface area contributed by atoms with Crippen molar-refractivity contribution in [3.8, 4) is 17.1 Å². The van der Waals surface area contributed by atoms with Crippen molar-refractivity contribution < 1.29 is 9.47 Å². The van der Waals surface area contributed by atoms with E-state index >= 15 is 0 Å². The SMILES string of the molecule is COc1ccc(C[C@@H]2COCCN2)cc1-c1ncccn1. The standard InChI is InChI=1S/C16H19N3O2/c1-20-15-4-3-12(9-13-11-21-8-7-17-13)10-14(15)16-18-5-2-6-19-16/h2-6,10,13,17H,7-9,11H2,1H3/t13-/m1/s1. The van der Waals surface area contributed by atoms with Crippen molar-refractivity contribution in [3.63, 3.8) is 0 Å². The zero-order valence-corrected chi connectivity index (χ0v) is 12.1. The van der Waals surface area contributed by atoms with E-state index in [9.17, 15) is 0 Å². The largest absolute Gasteiger partial charge is 0.496 e. The second-order valence-corrected chi connectivity index (χ2v) is 5.04. The van der Waals surface area contributed by atoms with Crippen LogP contribution in [-0.2, 0) is 11.2 Å². The molecule has 5 nitrogen and oxygen atoms in total. The molecule has 0 unspecified atom stereocenters. The molecule has 1 N–H and O–H groups in total. The number of methoxy groups -OCH3 is 1. The minimum Gasteiger partial charge on any atom is -0.496 e. The first kappa shape index (κ1) is 14.0. The molecule has 1 aliphatic heterocycles. The Bertz CT molecular complexity index is 583. The van der Waals surface area contributed by atoms with E-state index in [1.165, 1.54) is 5.56 Å². The lowest BCUT2D eigenvalue weighted by Crippen LogP contribution is -2.42. The Labute approximate surface area is 124 Å². The van der Waals surface area contributed by atoms with Crippen LogP contribution in [0.4, 0.5) is 0 Å². The van der Waals surface area contributed by atoms with Crippen molar-refractivity contribution in [3.05, 3.63) is 42.2 Å². The summed E-state index contributed by atoms with van der Waals surface area (Å²) in [5, 5.41) is 3.47. The Morgan fingerprint density at radius 1 is 1.33 bits per heavy atom. The summed E-state index contributed by atoms with van der Waals surface area (Å²) >= 11 is 0. The summed E-state index contributed by atoms with van der Waals surface area (Å²) in [5.74, 6) is 1.47. The predicted molar refractivity (Wildman–Crippen MR) is 80.3 cm³/mol. The molecule has 3 rings (SSSR count). The lowest BCUT2D eigenvalue weighted by Gasteiger charge is -2.24. The van der Waals surface area contributed by atoms with Crippen LogP contribution in [0.1, 0.15) is 5.56 Å². The summed E-state index contributed by atoms with van der Waals surface area (Å²) in [4.78, 5) is 8.63. The van der Waals surface area contributed by atoms with E-state index in [1.54, 1.807) is 19.5 Å². The van der Waals surface area contributed by atoms with Crippen LogP contribution >= 0.6 is 0 Å². The number of benzene rings is 1. The maximum absolute atomic E-state index is 5.50. The number of nitrogens with zero attached hydrogens (tertiary/aromatic N) is 2. The Morgan fingerprint density at radius 2 is 2.19 bits per heavy atom. The first-order chi connectivity index (χ1) is 10.4. The van der Waals surface area contributed by atoms with Crippen molar-refractivity contribution in [2.75, 3.05) is 26.9 Å². The number of hydrogen-bond acceptors (Lipinski definition) is 5. The van der Waals surface area contributed by atoms with E-state index in [4.69, 9.17) is 9.47 Å². The highest BCUT2D eigenvalue weighted by atomic mass is 16.5. The van der Waals surface area contributed by atoms with Gasteiger partial charge >= 0.3 is 0 Å². The van der Waals surface area contributed by atoms with Crippen LogP contribution in [0.2, 0.25) is 0 Å². The fraction of sp³-hybridized carbons (Fsp3) is 0.375. The first-order valence-electron chi connectivity index (χ1n) is 7.12. The van der Waals surface area contributed by atoms with Crippen LogP contribution in [0, 0.1) is 0 Å². The van der Waals surface area contributed by atoms with Crippen molar-refractivity contribution in [2.45, 2.75) is 12.5 Å². The van der Waals surface area contributed by atoms with Gasteiger partial charge in [-0.05, 0) is 30.2 Å². The van der Waals surface area contributed by atoms with Crippen molar-refractivity contribution in [2.24, 2.45) is 0 Å². The van der Waals surface area contributed by atoms with E-state index in [1.807, 2.05) is 12.1 Å². The molecule has 1 fully saturated rings. The molecule has 0 radical (unpaired) electrons. The molecular weight excluding hydrogens is 266 g/mol. The molecule has 1 aliphatic rings. The van der Waals surface area contributed by atoms with Gasteiger partial charge in [-0.25, -0.2) is 9.97 Å². The van der Waals surface area contributed by atoms with Crippen molar-refractivity contribution >= 4 is 0 Å². The Hall–Kier alpha value is -1.98. The second-order valence-electron chi connectivity index (χ2n) is 5.04. The average molecular weight is 285 g/mol. The van der Waals surface area contributed by atoms with E-state index in [0.29, 0.717) is 11.9 Å². The molecule has 1 aromatic carbocycles. The van der Waals surface area contributed by atoms with E-state index < -0.39 is 0 Å². The predicted octanol–water partition coefficient (Wildman–Crippen LogP) is 1.68. The van der Waals surface area contributed by atoms with Gasteiger partial charge in [-0.15, -0.1) is 0 Å². The monoisotopic (exact) mass is 285 g/mol. The van der Waals surface area contributed by atoms with Crippen LogP contribution in [0.3, 0.4) is 0 Å². The minimum absolute atomic E-state index is 0.358. The topological polar surface area (TPSA) is 56.3 Å². The van der Waals surface area contributed by atoms with Gasteiger partial charge in [0.25, 0.3) is 0 Å². The molecule has 0 spiro atoms. The normalized spacial score (nSPS) is 18.4. The van der Waals surface area contributed by atoms with E-state index in [0.717, 1.165) is 37.5 Å². The van der Waals surface area contributed by atoms with Crippen LogP contribution in [0.15, 0.2) is 36.7 Å². The summed E-state index contributed by atoms with van der Waals surface area (Å²) in [6.07, 6.45) is 4.40. The molecule has 1 aromatic heterocycles. The summed E-state index contributed by atoms with van der Waals surface area (Å²) < 4.78 is 10.9. The number of morpholine rings is 1. The number of aromatic nitrogens is 2. The van der Waals surface area contributed by atoms with Gasteiger partial charge in [0.05, 0.1) is 25.9 Å². The van der Waals surface area contributed by atoms with Crippen LogP contribution in [0.25, 0.3) is 11.4 Å². The fourth-order valence-electron chi connectivity index (χ4n) is 2.53. The van der Waals surface area contributed by atoms with Gasteiger partial charge in [0, 0.05) is 25.0 Å². The highest BCUT2D eigenvalue weighted by Crippen LogP contribution is 2.28. The quantitative estimate of drug-likeness (QED) is 0.926. The van der Waals surface area contributed by atoms with Crippen molar-refractivity contribution in [1.82, 2.24) is 15.3 Å². The zero-order chi connectivity index (χ0) is 14.5. The van der Waals surface area contributed by atoms with Gasteiger partial charge in [-0.1, -0.05) is 6.07 Å². The molecule has 0 aliphatic carbocycles. The molecule has 110 valence electrons. The summed E-state index contributed by atoms with van der Waals surface area (Å²) in [6.45, 7) is 2.46. The van der Waals surface area contributed by atoms with Gasteiger partial charge in [0.15, 0.2) is 5.82 Å². The Balaban J connectivity index is 1.86. The summed E-state index contributed by atoms with van der Waals surface area (Å²) in [6, 6.07) is 8.33. The lowest BCUT2D eigenvalue weighted by molar-refractivity contribution is 0.0770. The highest BCUT2D eigenvalue weighted by molar-refractivity contribution is 5.65. The molecular formula is C16H19N3O2. The number of nitrogens with one attached hydrogen (secondary N) is 1. The van der Waals surface area contributed by atoms with Crippen molar-refractivity contribution in [1.29, 1.82) is 0 Å². The highest BCUT2D eigenvalue weighted by Gasteiger charge is 2.15. The van der Waals surface area contributed by atoms with Gasteiger partial charge in [-0.3, -0.25) is 0 Å². The third-order valence-corrected chi connectivity index (χ3v) is 3.55. The minimum atomic E-state index is 0.358. The first-order valence-corrected chi connectivity index (χ1v) is 7.12. The number of rotatable bonds is 4. The molecule has 0 saturated carbocycles. The van der Waals surface area contributed by atoms with Gasteiger partial charge < -0.3 is 14.8 Å². The maximum atomic E-state index is 5.50. The number of ether oxygens (including phenoxy) is 2. The summed E-state index contributed by atoms with van der Waals surface area (Å²) in [5.41, 5.74) is 2.15. The second kappa shape index (κ2) is 6.65. The molecule has 5 heteroatoms. The third-order valence-electron chi connectivity index (χ3n) is 3.55. The molecule has 21 heavy (non-hydrogen) atoms. The Morgan fingerprint density at radius 3 is 2.90 bits per heavy atom. The Kier molecular flexibility index (Phi) is 4.43. The van der Waals surface area contributed by atoms with Gasteiger partial charge in [0.2, 0.25) is 0 Å². The molecule has 0 bridgehead atoms. The van der Waals surface area contributed by atoms with Crippen LogP contribution in [0.5, 0.6) is 5.75 Å². The molecule has 2 heterocycles. The zero-order valence-electron chi connectivity index (χ0n) is 12.1. The molecule has 2 aromatic rings. The van der Waals surface area contributed by atoms with Crippen LogP contribution in [-0.4, -0.2) is 42.9 Å². The third kappa shape index (κ3) is 3.37. The maximum Gasteiger partial charge on any atom is 0.162 e.